The second-order valence-corrected chi connectivity index (χ2v) is 3.73. The molecule has 0 N–H and O–H groups in total. The molecule has 5 heteroatoms. The summed E-state index contributed by atoms with van der Waals surface area (Å²) in [6.45, 7) is 0.776. The van der Waals surface area contributed by atoms with E-state index in [0.717, 1.165) is 18.7 Å². The van der Waals surface area contributed by atoms with E-state index in [1.54, 1.807) is 13.4 Å². The molecule has 2 aromatic rings. The van der Waals surface area contributed by atoms with Gasteiger partial charge in [0.05, 0.1) is 7.11 Å². The zero-order chi connectivity index (χ0) is 11.4. The predicted octanol–water partition coefficient (Wildman–Crippen LogP) is 2.18. The number of aromatic nitrogens is 3. The van der Waals surface area contributed by atoms with Gasteiger partial charge in [0.25, 0.3) is 0 Å². The molecule has 0 aliphatic carbocycles. The maximum Gasteiger partial charge on any atom is 0.224 e. The second-order valence-electron chi connectivity index (χ2n) is 3.39. The Morgan fingerprint density at radius 3 is 2.62 bits per heavy atom. The van der Waals surface area contributed by atoms with Crippen LogP contribution in [-0.2, 0) is 13.0 Å². The highest BCUT2D eigenvalue weighted by Crippen LogP contribution is 2.12. The lowest BCUT2D eigenvalue weighted by molar-refractivity contribution is 0.414. The molecule has 0 unspecified atom stereocenters. The number of nitrogens with zero attached hydrogens (tertiary/aromatic N) is 3. The average molecular weight is 238 g/mol. The molecule has 2 rings (SSSR count). The first kappa shape index (κ1) is 11.0. The lowest BCUT2D eigenvalue weighted by atomic mass is 10.1. The van der Waals surface area contributed by atoms with E-state index in [2.05, 4.69) is 10.2 Å². The quantitative estimate of drug-likeness (QED) is 0.818. The molecule has 0 aliphatic rings. The van der Waals surface area contributed by atoms with Crippen LogP contribution in [0.2, 0.25) is 5.28 Å². The SMILES string of the molecule is COc1ccc(CCn2cnnc2Cl)cc1. The van der Waals surface area contributed by atoms with Gasteiger partial charge in [-0.3, -0.25) is 0 Å². The number of benzene rings is 1. The summed E-state index contributed by atoms with van der Waals surface area (Å²) in [4.78, 5) is 0. The lowest BCUT2D eigenvalue weighted by Crippen LogP contribution is -2.00. The standard InChI is InChI=1S/C11H12ClN3O/c1-16-10-4-2-9(3-5-10)6-7-15-8-13-14-11(15)12/h2-5,8H,6-7H2,1H3. The Morgan fingerprint density at radius 2 is 2.06 bits per heavy atom. The van der Waals surface area contributed by atoms with Crippen molar-refractivity contribution in [2.45, 2.75) is 13.0 Å². The minimum atomic E-state index is 0.425. The zero-order valence-electron chi connectivity index (χ0n) is 8.93. The molecular weight excluding hydrogens is 226 g/mol. The Bertz CT molecular complexity index is 453. The number of halogens is 1. The van der Waals surface area contributed by atoms with Crippen LogP contribution in [0, 0.1) is 0 Å². The minimum absolute atomic E-state index is 0.425. The van der Waals surface area contributed by atoms with E-state index in [1.165, 1.54) is 5.56 Å². The summed E-state index contributed by atoms with van der Waals surface area (Å²) in [7, 11) is 1.66. The third-order valence-corrected chi connectivity index (χ3v) is 2.66. The molecule has 0 radical (unpaired) electrons. The monoisotopic (exact) mass is 237 g/mol. The number of hydrogen-bond donors (Lipinski definition) is 0. The van der Waals surface area contributed by atoms with Gasteiger partial charge in [-0.15, -0.1) is 10.2 Å². The number of rotatable bonds is 4. The summed E-state index contributed by atoms with van der Waals surface area (Å²) in [5, 5.41) is 7.86. The van der Waals surface area contributed by atoms with Crippen molar-refractivity contribution >= 4 is 11.6 Å². The molecule has 0 spiro atoms. The number of methoxy groups -OCH3 is 1. The molecule has 1 aromatic carbocycles. The molecule has 0 amide bonds. The normalized spacial score (nSPS) is 10.4. The minimum Gasteiger partial charge on any atom is -0.497 e. The van der Waals surface area contributed by atoms with Gasteiger partial charge in [0.2, 0.25) is 5.28 Å². The van der Waals surface area contributed by atoms with E-state index in [1.807, 2.05) is 28.8 Å². The van der Waals surface area contributed by atoms with E-state index < -0.39 is 0 Å². The van der Waals surface area contributed by atoms with E-state index in [9.17, 15) is 0 Å². The van der Waals surface area contributed by atoms with Gasteiger partial charge in [0.1, 0.15) is 12.1 Å². The van der Waals surface area contributed by atoms with Crippen LogP contribution in [0.25, 0.3) is 0 Å². The molecule has 0 bridgehead atoms. The highest BCUT2D eigenvalue weighted by Gasteiger charge is 2.00. The van der Waals surface area contributed by atoms with Crippen molar-refractivity contribution < 1.29 is 4.74 Å². The second kappa shape index (κ2) is 4.99. The van der Waals surface area contributed by atoms with Gasteiger partial charge in [-0.05, 0) is 35.7 Å². The third-order valence-electron chi connectivity index (χ3n) is 2.37. The number of hydrogen-bond acceptors (Lipinski definition) is 3. The topological polar surface area (TPSA) is 39.9 Å². The van der Waals surface area contributed by atoms with Crippen molar-refractivity contribution in [3.8, 4) is 5.75 Å². The molecular formula is C11H12ClN3O. The molecule has 1 aromatic heterocycles. The van der Waals surface area contributed by atoms with Crippen LogP contribution in [0.5, 0.6) is 5.75 Å². The van der Waals surface area contributed by atoms with Gasteiger partial charge in [-0.25, -0.2) is 0 Å². The smallest absolute Gasteiger partial charge is 0.224 e. The van der Waals surface area contributed by atoms with Gasteiger partial charge in [-0.1, -0.05) is 12.1 Å². The summed E-state index contributed by atoms with van der Waals surface area (Å²) < 4.78 is 6.90. The first-order chi connectivity index (χ1) is 7.79. The Labute approximate surface area is 98.8 Å². The van der Waals surface area contributed by atoms with Crippen molar-refractivity contribution in [2.75, 3.05) is 7.11 Å². The first-order valence-electron chi connectivity index (χ1n) is 4.96. The molecule has 0 aliphatic heterocycles. The molecule has 0 atom stereocenters. The molecule has 4 nitrogen and oxygen atoms in total. The molecule has 0 fully saturated rings. The highest BCUT2D eigenvalue weighted by atomic mass is 35.5. The van der Waals surface area contributed by atoms with Crippen LogP contribution in [0.3, 0.4) is 0 Å². The highest BCUT2D eigenvalue weighted by molar-refractivity contribution is 6.28. The average Bonchev–Trinajstić information content (AvgIpc) is 2.73. The van der Waals surface area contributed by atoms with E-state index in [-0.39, 0.29) is 0 Å². The van der Waals surface area contributed by atoms with Crippen molar-refractivity contribution in [1.29, 1.82) is 0 Å². The van der Waals surface area contributed by atoms with Gasteiger partial charge >= 0.3 is 0 Å². The van der Waals surface area contributed by atoms with Crippen LogP contribution in [0.4, 0.5) is 0 Å². The van der Waals surface area contributed by atoms with E-state index >= 15 is 0 Å². The molecule has 1 heterocycles. The van der Waals surface area contributed by atoms with Gasteiger partial charge in [-0.2, -0.15) is 0 Å². The molecule has 0 saturated heterocycles. The number of aryl methyl sites for hydroxylation is 2. The molecule has 84 valence electrons. The maximum absolute atomic E-state index is 5.82. The Morgan fingerprint density at radius 1 is 1.31 bits per heavy atom. The summed E-state index contributed by atoms with van der Waals surface area (Å²) >= 11 is 5.82. The van der Waals surface area contributed by atoms with Crippen molar-refractivity contribution in [2.24, 2.45) is 0 Å². The molecule has 0 saturated carbocycles. The summed E-state index contributed by atoms with van der Waals surface area (Å²) in [5.41, 5.74) is 1.23. The van der Waals surface area contributed by atoms with Gasteiger partial charge in [0.15, 0.2) is 0 Å². The van der Waals surface area contributed by atoms with Crippen LogP contribution >= 0.6 is 11.6 Å². The zero-order valence-corrected chi connectivity index (χ0v) is 9.68. The van der Waals surface area contributed by atoms with Crippen molar-refractivity contribution in [3.63, 3.8) is 0 Å². The fourth-order valence-electron chi connectivity index (χ4n) is 1.43. The largest absolute Gasteiger partial charge is 0.497 e. The fourth-order valence-corrected chi connectivity index (χ4v) is 1.60. The fraction of sp³-hybridized carbons (Fsp3) is 0.273. The predicted molar refractivity (Wildman–Crippen MR) is 61.7 cm³/mol. The van der Waals surface area contributed by atoms with Crippen LogP contribution in [0.15, 0.2) is 30.6 Å². The Hall–Kier alpha value is -1.55. The van der Waals surface area contributed by atoms with Crippen LogP contribution in [0.1, 0.15) is 5.56 Å². The Balaban J connectivity index is 1.97. The summed E-state index contributed by atoms with van der Waals surface area (Å²) in [6.07, 6.45) is 2.52. The van der Waals surface area contributed by atoms with Gasteiger partial charge < -0.3 is 9.30 Å². The van der Waals surface area contributed by atoms with Gasteiger partial charge in [0, 0.05) is 6.54 Å². The Kier molecular flexibility index (Phi) is 3.41. The van der Waals surface area contributed by atoms with Crippen LogP contribution in [-0.4, -0.2) is 21.9 Å². The number of ether oxygens (including phenoxy) is 1. The molecule has 16 heavy (non-hydrogen) atoms. The maximum atomic E-state index is 5.82. The van der Waals surface area contributed by atoms with Crippen molar-refractivity contribution in [3.05, 3.63) is 41.4 Å². The third kappa shape index (κ3) is 2.52. The van der Waals surface area contributed by atoms with E-state index in [4.69, 9.17) is 16.3 Å². The van der Waals surface area contributed by atoms with E-state index in [0.29, 0.717) is 5.28 Å². The summed E-state index contributed by atoms with van der Waals surface area (Å²) in [5.74, 6) is 0.867. The van der Waals surface area contributed by atoms with Crippen molar-refractivity contribution in [1.82, 2.24) is 14.8 Å². The lowest BCUT2D eigenvalue weighted by Gasteiger charge is -2.04. The van der Waals surface area contributed by atoms with Crippen LogP contribution < -0.4 is 4.74 Å². The summed E-state index contributed by atoms with van der Waals surface area (Å²) in [6, 6.07) is 7.97. The first-order valence-corrected chi connectivity index (χ1v) is 5.33.